The summed E-state index contributed by atoms with van der Waals surface area (Å²) in [4.78, 5) is 15.7. The van der Waals surface area contributed by atoms with Gasteiger partial charge in [-0.05, 0) is 49.9 Å². The summed E-state index contributed by atoms with van der Waals surface area (Å²) >= 11 is 0. The number of carbonyl (C=O) groups is 1. The largest absolute Gasteiger partial charge is 0.478 e. The summed E-state index contributed by atoms with van der Waals surface area (Å²) in [6, 6.07) is 7.61. The minimum Gasteiger partial charge on any atom is -0.478 e. The van der Waals surface area contributed by atoms with Gasteiger partial charge in [-0.15, -0.1) is 0 Å². The lowest BCUT2D eigenvalue weighted by Crippen LogP contribution is -2.50. The van der Waals surface area contributed by atoms with E-state index < -0.39 is 11.6 Å². The van der Waals surface area contributed by atoms with Crippen LogP contribution in [0.4, 0.5) is 0 Å². The Morgan fingerprint density at radius 1 is 1.37 bits per heavy atom. The van der Waals surface area contributed by atoms with Gasteiger partial charge < -0.3 is 9.84 Å². The second-order valence-electron chi connectivity index (χ2n) is 5.08. The van der Waals surface area contributed by atoms with Crippen molar-refractivity contribution in [2.45, 2.75) is 31.8 Å². The Morgan fingerprint density at radius 3 is 2.79 bits per heavy atom. The number of ether oxygens (including phenoxy) is 1. The van der Waals surface area contributed by atoms with Crippen LogP contribution in [0.1, 0.15) is 24.8 Å². The van der Waals surface area contributed by atoms with Crippen molar-refractivity contribution < 1.29 is 14.6 Å². The average Bonchev–Trinajstić information content (AvgIpc) is 2.32. The SMILES string of the molecule is Cc1ccc2c(OC3(C(=O)O)CCC3)ccnc2c1. The van der Waals surface area contributed by atoms with E-state index in [0.717, 1.165) is 22.9 Å². The molecule has 0 aliphatic heterocycles. The molecular weight excluding hydrogens is 242 g/mol. The summed E-state index contributed by atoms with van der Waals surface area (Å²) in [7, 11) is 0. The van der Waals surface area contributed by atoms with E-state index in [9.17, 15) is 9.90 Å². The first-order valence-corrected chi connectivity index (χ1v) is 6.38. The molecule has 4 heteroatoms. The molecular formula is C15H15NO3. The highest BCUT2D eigenvalue weighted by molar-refractivity contribution is 5.86. The molecule has 0 unspecified atom stereocenters. The highest BCUT2D eigenvalue weighted by atomic mass is 16.5. The number of hydrogen-bond donors (Lipinski definition) is 1. The Hall–Kier alpha value is -2.10. The van der Waals surface area contributed by atoms with Gasteiger partial charge in [0.1, 0.15) is 5.75 Å². The Morgan fingerprint density at radius 2 is 2.16 bits per heavy atom. The van der Waals surface area contributed by atoms with Gasteiger partial charge in [-0.25, -0.2) is 4.79 Å². The zero-order chi connectivity index (χ0) is 13.5. The predicted molar refractivity (Wildman–Crippen MR) is 71.3 cm³/mol. The average molecular weight is 257 g/mol. The van der Waals surface area contributed by atoms with Gasteiger partial charge in [0.2, 0.25) is 5.60 Å². The van der Waals surface area contributed by atoms with E-state index in [0.29, 0.717) is 18.6 Å². The molecule has 3 rings (SSSR count). The fraction of sp³-hybridized carbons (Fsp3) is 0.333. The van der Waals surface area contributed by atoms with Crippen molar-refractivity contribution in [3.8, 4) is 5.75 Å². The van der Waals surface area contributed by atoms with E-state index in [-0.39, 0.29) is 0 Å². The van der Waals surface area contributed by atoms with E-state index in [1.54, 1.807) is 12.3 Å². The molecule has 1 aromatic heterocycles. The Kier molecular flexibility index (Phi) is 2.66. The van der Waals surface area contributed by atoms with E-state index >= 15 is 0 Å². The van der Waals surface area contributed by atoms with Gasteiger partial charge in [-0.2, -0.15) is 0 Å². The molecule has 98 valence electrons. The van der Waals surface area contributed by atoms with Gasteiger partial charge in [-0.3, -0.25) is 4.98 Å². The Bertz CT molecular complexity index is 647. The first-order chi connectivity index (χ1) is 9.11. The summed E-state index contributed by atoms with van der Waals surface area (Å²) in [5.41, 5.74) is 0.908. The van der Waals surface area contributed by atoms with Crippen LogP contribution in [0, 0.1) is 6.92 Å². The topological polar surface area (TPSA) is 59.4 Å². The van der Waals surface area contributed by atoms with Crippen LogP contribution in [0.15, 0.2) is 30.5 Å². The molecule has 1 aliphatic carbocycles. The summed E-state index contributed by atoms with van der Waals surface area (Å²) < 4.78 is 5.81. The van der Waals surface area contributed by atoms with Crippen LogP contribution < -0.4 is 4.74 Å². The maximum absolute atomic E-state index is 11.4. The van der Waals surface area contributed by atoms with Crippen LogP contribution >= 0.6 is 0 Å². The summed E-state index contributed by atoms with van der Waals surface area (Å²) in [5.74, 6) is -0.275. The van der Waals surface area contributed by atoms with E-state index in [4.69, 9.17) is 4.74 Å². The number of fused-ring (bicyclic) bond motifs is 1. The second-order valence-corrected chi connectivity index (χ2v) is 5.08. The highest BCUT2D eigenvalue weighted by Gasteiger charge is 2.47. The van der Waals surface area contributed by atoms with E-state index in [1.165, 1.54) is 0 Å². The van der Waals surface area contributed by atoms with Gasteiger partial charge in [-0.1, -0.05) is 6.07 Å². The number of carboxylic acids is 1. The van der Waals surface area contributed by atoms with Gasteiger partial charge >= 0.3 is 5.97 Å². The maximum atomic E-state index is 11.4. The first kappa shape index (κ1) is 12.0. The summed E-state index contributed by atoms with van der Waals surface area (Å²) in [5, 5.41) is 10.2. The summed E-state index contributed by atoms with van der Waals surface area (Å²) in [6.45, 7) is 2.00. The standard InChI is InChI=1S/C15H15NO3/c1-10-3-4-11-12(9-10)16-8-5-13(11)19-15(14(17)18)6-2-7-15/h3-5,8-9H,2,6-7H2,1H3,(H,17,18). The quantitative estimate of drug-likeness (QED) is 0.918. The molecule has 1 fully saturated rings. The van der Waals surface area contributed by atoms with Gasteiger partial charge in [0.25, 0.3) is 0 Å². The number of rotatable bonds is 3. The molecule has 0 spiro atoms. The number of hydrogen-bond acceptors (Lipinski definition) is 3. The molecule has 0 radical (unpaired) electrons. The molecule has 1 aromatic carbocycles. The number of nitrogens with zero attached hydrogens (tertiary/aromatic N) is 1. The summed E-state index contributed by atoms with van der Waals surface area (Å²) in [6.07, 6.45) is 3.69. The van der Waals surface area contributed by atoms with Crippen molar-refractivity contribution in [3.63, 3.8) is 0 Å². The smallest absolute Gasteiger partial charge is 0.348 e. The van der Waals surface area contributed by atoms with Gasteiger partial charge in [0, 0.05) is 11.6 Å². The molecule has 0 saturated heterocycles. The molecule has 19 heavy (non-hydrogen) atoms. The third-order valence-electron chi connectivity index (χ3n) is 3.71. The molecule has 1 N–H and O–H groups in total. The molecule has 1 aliphatic rings. The van der Waals surface area contributed by atoms with Crippen molar-refractivity contribution in [2.24, 2.45) is 0 Å². The third kappa shape index (κ3) is 1.93. The van der Waals surface area contributed by atoms with Gasteiger partial charge in [0.15, 0.2) is 0 Å². The number of aromatic nitrogens is 1. The zero-order valence-corrected chi connectivity index (χ0v) is 10.7. The molecule has 2 aromatic rings. The molecule has 1 heterocycles. The lowest BCUT2D eigenvalue weighted by Gasteiger charge is -2.37. The second kappa shape index (κ2) is 4.23. The van der Waals surface area contributed by atoms with Crippen molar-refractivity contribution >= 4 is 16.9 Å². The lowest BCUT2D eigenvalue weighted by atomic mass is 9.80. The Labute approximate surface area is 111 Å². The Balaban J connectivity index is 2.03. The fourth-order valence-corrected chi connectivity index (χ4v) is 2.39. The minimum atomic E-state index is -1.04. The number of aryl methyl sites for hydroxylation is 1. The normalized spacial score (nSPS) is 16.9. The first-order valence-electron chi connectivity index (χ1n) is 6.38. The highest BCUT2D eigenvalue weighted by Crippen LogP contribution is 2.38. The molecule has 0 atom stereocenters. The van der Waals surface area contributed by atoms with Crippen molar-refractivity contribution in [2.75, 3.05) is 0 Å². The lowest BCUT2D eigenvalue weighted by molar-refractivity contribution is -0.163. The van der Waals surface area contributed by atoms with Crippen LogP contribution in [0.2, 0.25) is 0 Å². The van der Waals surface area contributed by atoms with Crippen LogP contribution in [-0.2, 0) is 4.79 Å². The van der Waals surface area contributed by atoms with Crippen molar-refractivity contribution in [3.05, 3.63) is 36.0 Å². The van der Waals surface area contributed by atoms with Crippen LogP contribution in [0.3, 0.4) is 0 Å². The third-order valence-corrected chi connectivity index (χ3v) is 3.71. The number of carboxylic acid groups (broad SMARTS) is 1. The van der Waals surface area contributed by atoms with Crippen LogP contribution in [0.5, 0.6) is 5.75 Å². The zero-order valence-electron chi connectivity index (χ0n) is 10.7. The molecule has 0 bridgehead atoms. The van der Waals surface area contributed by atoms with Crippen molar-refractivity contribution in [1.29, 1.82) is 0 Å². The number of benzene rings is 1. The van der Waals surface area contributed by atoms with E-state index in [1.807, 2.05) is 25.1 Å². The minimum absolute atomic E-state index is 0.567. The predicted octanol–water partition coefficient (Wildman–Crippen LogP) is 2.93. The molecule has 1 saturated carbocycles. The number of pyridine rings is 1. The van der Waals surface area contributed by atoms with E-state index in [2.05, 4.69) is 4.98 Å². The fourth-order valence-electron chi connectivity index (χ4n) is 2.39. The molecule has 0 amide bonds. The van der Waals surface area contributed by atoms with Gasteiger partial charge in [0.05, 0.1) is 5.52 Å². The molecule has 4 nitrogen and oxygen atoms in total. The van der Waals surface area contributed by atoms with Crippen LogP contribution in [0.25, 0.3) is 10.9 Å². The maximum Gasteiger partial charge on any atom is 0.348 e. The monoisotopic (exact) mass is 257 g/mol. The number of aliphatic carboxylic acids is 1. The van der Waals surface area contributed by atoms with Crippen LogP contribution in [-0.4, -0.2) is 21.7 Å². The van der Waals surface area contributed by atoms with Crippen molar-refractivity contribution in [1.82, 2.24) is 4.98 Å².